The average Bonchev–Trinajstić information content (AvgIpc) is 3.32. The molecule has 1 fully saturated rings. The number of furan rings is 1. The molecule has 1 aliphatic rings. The third-order valence-corrected chi connectivity index (χ3v) is 6.41. The van der Waals surface area contributed by atoms with Crippen molar-refractivity contribution in [1.29, 1.82) is 0 Å². The Bertz CT molecular complexity index is 1080. The van der Waals surface area contributed by atoms with Gasteiger partial charge in [0.2, 0.25) is 5.91 Å². The lowest BCUT2D eigenvalue weighted by Crippen LogP contribution is -2.41. The van der Waals surface area contributed by atoms with Crippen LogP contribution in [0.3, 0.4) is 0 Å². The van der Waals surface area contributed by atoms with Crippen LogP contribution in [0, 0.1) is 5.92 Å². The molecule has 1 saturated carbocycles. The molecule has 0 radical (unpaired) electrons. The molecule has 1 aromatic carbocycles. The molecule has 6 nitrogen and oxygen atoms in total. The topological polar surface area (TPSA) is 68.3 Å². The number of aromatic nitrogens is 2. The van der Waals surface area contributed by atoms with E-state index in [9.17, 15) is 9.59 Å². The zero-order chi connectivity index (χ0) is 21.8. The lowest BCUT2D eigenvalue weighted by Gasteiger charge is -2.35. The second kappa shape index (κ2) is 9.50. The van der Waals surface area contributed by atoms with E-state index in [2.05, 4.69) is 6.92 Å². The summed E-state index contributed by atoms with van der Waals surface area (Å²) in [5, 5.41) is 0.610. The molecule has 0 saturated heterocycles. The van der Waals surface area contributed by atoms with Crippen molar-refractivity contribution in [3.05, 3.63) is 64.6 Å². The molecule has 1 aliphatic carbocycles. The molecule has 1 amide bonds. The quantitative estimate of drug-likeness (QED) is 0.534. The van der Waals surface area contributed by atoms with Gasteiger partial charge in [-0.15, -0.1) is 0 Å². The molecular formula is C25H31N3O3. The summed E-state index contributed by atoms with van der Waals surface area (Å²) in [4.78, 5) is 33.7. The molecular weight excluding hydrogens is 390 g/mol. The number of amides is 1. The van der Waals surface area contributed by atoms with Crippen LogP contribution in [0.15, 0.2) is 51.9 Å². The summed E-state index contributed by atoms with van der Waals surface area (Å²) in [5.74, 6) is 1.58. The van der Waals surface area contributed by atoms with Gasteiger partial charge in [0, 0.05) is 12.5 Å². The fourth-order valence-electron chi connectivity index (χ4n) is 4.78. The van der Waals surface area contributed by atoms with Crippen LogP contribution in [0.25, 0.3) is 10.9 Å². The first-order chi connectivity index (χ1) is 15.1. The van der Waals surface area contributed by atoms with Crippen molar-refractivity contribution >= 4 is 16.8 Å². The summed E-state index contributed by atoms with van der Waals surface area (Å²) in [7, 11) is 0. The Morgan fingerprint density at radius 1 is 1.16 bits per heavy atom. The molecule has 31 heavy (non-hydrogen) atoms. The van der Waals surface area contributed by atoms with Gasteiger partial charge in [0.05, 0.1) is 29.8 Å². The van der Waals surface area contributed by atoms with E-state index >= 15 is 0 Å². The minimum atomic E-state index is -0.295. The molecule has 3 aromatic rings. The van der Waals surface area contributed by atoms with Gasteiger partial charge in [-0.2, -0.15) is 0 Å². The van der Waals surface area contributed by atoms with Crippen molar-refractivity contribution in [1.82, 2.24) is 14.5 Å². The van der Waals surface area contributed by atoms with Crippen molar-refractivity contribution in [2.45, 2.75) is 71.5 Å². The molecule has 0 aliphatic heterocycles. The Balaban J connectivity index is 1.80. The minimum Gasteiger partial charge on any atom is -0.467 e. The molecule has 4 rings (SSSR count). The Labute approximate surface area is 182 Å². The van der Waals surface area contributed by atoms with Crippen LogP contribution in [-0.4, -0.2) is 20.4 Å². The summed E-state index contributed by atoms with van der Waals surface area (Å²) in [6.07, 6.45) is 7.54. The zero-order valence-electron chi connectivity index (χ0n) is 18.4. The van der Waals surface area contributed by atoms with Crippen LogP contribution < -0.4 is 5.56 Å². The summed E-state index contributed by atoms with van der Waals surface area (Å²) < 4.78 is 7.32. The molecule has 164 valence electrons. The number of nitrogens with zero attached hydrogens (tertiary/aromatic N) is 3. The fourth-order valence-corrected chi connectivity index (χ4v) is 4.78. The van der Waals surface area contributed by atoms with Gasteiger partial charge in [-0.05, 0) is 50.5 Å². The molecule has 0 unspecified atom stereocenters. The van der Waals surface area contributed by atoms with E-state index in [1.807, 2.05) is 48.2 Å². The van der Waals surface area contributed by atoms with Gasteiger partial charge >= 0.3 is 0 Å². The monoisotopic (exact) mass is 421 g/mol. The van der Waals surface area contributed by atoms with Gasteiger partial charge in [-0.3, -0.25) is 14.2 Å². The molecule has 0 N–H and O–H groups in total. The van der Waals surface area contributed by atoms with Gasteiger partial charge < -0.3 is 9.32 Å². The number of rotatable bonds is 7. The summed E-state index contributed by atoms with van der Waals surface area (Å²) in [5.41, 5.74) is 0.623. The molecule has 2 heterocycles. The van der Waals surface area contributed by atoms with Crippen LogP contribution in [-0.2, 0) is 17.9 Å². The Hall–Kier alpha value is -2.89. The van der Waals surface area contributed by atoms with E-state index in [0.717, 1.165) is 31.4 Å². The number of carbonyl (C=O) groups is 1. The maximum Gasteiger partial charge on any atom is 0.261 e. The smallest absolute Gasteiger partial charge is 0.261 e. The number of hydrogen-bond donors (Lipinski definition) is 0. The first-order valence-electron chi connectivity index (χ1n) is 11.5. The average molecular weight is 422 g/mol. The highest BCUT2D eigenvalue weighted by Crippen LogP contribution is 2.32. The maximum absolute atomic E-state index is 13.7. The van der Waals surface area contributed by atoms with Crippen molar-refractivity contribution < 1.29 is 9.21 Å². The number of fused-ring (bicyclic) bond motifs is 1. The molecule has 0 spiro atoms. The Morgan fingerprint density at radius 3 is 2.61 bits per heavy atom. The lowest BCUT2D eigenvalue weighted by atomic mass is 9.87. The van der Waals surface area contributed by atoms with Crippen molar-refractivity contribution in [2.24, 2.45) is 5.92 Å². The highest BCUT2D eigenvalue weighted by Gasteiger charge is 2.33. The fraction of sp³-hybridized carbons (Fsp3) is 0.480. The molecule has 0 bridgehead atoms. The normalized spacial score (nSPS) is 15.8. The number of carbonyl (C=O) groups excluding carboxylic acids is 1. The van der Waals surface area contributed by atoms with E-state index in [0.29, 0.717) is 36.2 Å². The predicted octanol–water partition coefficient (Wildman–Crippen LogP) is 5.07. The summed E-state index contributed by atoms with van der Waals surface area (Å²) in [6, 6.07) is 10.9. The first-order valence-corrected chi connectivity index (χ1v) is 11.5. The standard InChI is InChI=1S/C25H31N3O3/c1-3-22(23-26-21-15-9-8-14-20(21)25(30)27(23)4-2)28(17-19-13-10-16-31-19)24(29)18-11-6-5-7-12-18/h8-10,13-16,18,22H,3-7,11-12,17H2,1-2H3/t22-/m1/s1. The van der Waals surface area contributed by atoms with Gasteiger partial charge in [0.1, 0.15) is 11.6 Å². The Morgan fingerprint density at radius 2 is 1.94 bits per heavy atom. The van der Waals surface area contributed by atoms with Crippen molar-refractivity contribution in [2.75, 3.05) is 0 Å². The maximum atomic E-state index is 13.7. The highest BCUT2D eigenvalue weighted by atomic mass is 16.3. The van der Waals surface area contributed by atoms with Crippen LogP contribution in [0.5, 0.6) is 0 Å². The van der Waals surface area contributed by atoms with Crippen LogP contribution in [0.1, 0.15) is 70.0 Å². The number of para-hydroxylation sites is 1. The number of benzene rings is 1. The van der Waals surface area contributed by atoms with E-state index in [4.69, 9.17) is 9.40 Å². The van der Waals surface area contributed by atoms with Gasteiger partial charge in [0.15, 0.2) is 0 Å². The second-order valence-electron chi connectivity index (χ2n) is 8.34. The van der Waals surface area contributed by atoms with Crippen molar-refractivity contribution in [3.63, 3.8) is 0 Å². The third-order valence-electron chi connectivity index (χ3n) is 6.41. The van der Waals surface area contributed by atoms with Crippen LogP contribution in [0.2, 0.25) is 0 Å². The zero-order valence-corrected chi connectivity index (χ0v) is 18.4. The van der Waals surface area contributed by atoms with Crippen molar-refractivity contribution in [3.8, 4) is 0 Å². The SMILES string of the molecule is CC[C@H](c1nc2ccccc2c(=O)n1CC)N(Cc1ccco1)C(=O)C1CCCCC1. The van der Waals surface area contributed by atoms with Gasteiger partial charge in [0.25, 0.3) is 5.56 Å². The molecule has 6 heteroatoms. The summed E-state index contributed by atoms with van der Waals surface area (Å²) >= 11 is 0. The van der Waals surface area contributed by atoms with E-state index in [1.165, 1.54) is 6.42 Å². The van der Waals surface area contributed by atoms with Crippen LogP contribution in [0.4, 0.5) is 0 Å². The van der Waals surface area contributed by atoms with E-state index in [1.54, 1.807) is 10.8 Å². The minimum absolute atomic E-state index is 0.0278. The largest absolute Gasteiger partial charge is 0.467 e. The molecule has 2 aromatic heterocycles. The lowest BCUT2D eigenvalue weighted by molar-refractivity contribution is -0.140. The number of hydrogen-bond acceptors (Lipinski definition) is 4. The summed E-state index contributed by atoms with van der Waals surface area (Å²) in [6.45, 7) is 4.89. The van der Waals surface area contributed by atoms with Crippen LogP contribution >= 0.6 is 0 Å². The van der Waals surface area contributed by atoms with Gasteiger partial charge in [-0.25, -0.2) is 4.98 Å². The van der Waals surface area contributed by atoms with Gasteiger partial charge in [-0.1, -0.05) is 38.3 Å². The Kier molecular flexibility index (Phi) is 6.54. The first kappa shape index (κ1) is 21.3. The predicted molar refractivity (Wildman–Crippen MR) is 121 cm³/mol. The third kappa shape index (κ3) is 4.29. The molecule has 1 atom stereocenters. The van der Waals surface area contributed by atoms with E-state index < -0.39 is 0 Å². The highest BCUT2D eigenvalue weighted by molar-refractivity contribution is 5.80. The second-order valence-corrected chi connectivity index (χ2v) is 8.34. The van der Waals surface area contributed by atoms with E-state index in [-0.39, 0.29) is 23.4 Å².